The van der Waals surface area contributed by atoms with Crippen LogP contribution in [0.4, 0.5) is 0 Å². The summed E-state index contributed by atoms with van der Waals surface area (Å²) in [6.07, 6.45) is 6.73. The number of carbonyl (C=O) groups excluding carboxylic acids is 2. The zero-order valence-electron chi connectivity index (χ0n) is 16.4. The van der Waals surface area contributed by atoms with Crippen molar-refractivity contribution in [1.29, 1.82) is 10.5 Å². The van der Waals surface area contributed by atoms with Gasteiger partial charge in [-0.05, 0) is 36.5 Å². The number of nitriles is 2. The van der Waals surface area contributed by atoms with Crippen LogP contribution >= 0.6 is 0 Å². The molecule has 0 aliphatic heterocycles. The number of rotatable bonds is 1. The molecule has 0 aromatic heterocycles. The quantitative estimate of drug-likeness (QED) is 0.711. The fraction of sp³-hybridized carbons (Fsp3) is 0.478. The Hall–Kier alpha value is -2.94. The van der Waals surface area contributed by atoms with Crippen molar-refractivity contribution in [2.75, 3.05) is 6.54 Å². The van der Waals surface area contributed by atoms with E-state index in [4.69, 9.17) is 5.73 Å². The monoisotopic (exact) mass is 373 g/mol. The Bertz CT molecular complexity index is 1000. The van der Waals surface area contributed by atoms with Crippen molar-refractivity contribution in [3.05, 3.63) is 34.9 Å². The summed E-state index contributed by atoms with van der Waals surface area (Å²) in [5, 5.41) is 18.9. The van der Waals surface area contributed by atoms with Crippen molar-refractivity contribution in [2.24, 2.45) is 27.9 Å². The molecule has 0 bridgehead atoms. The summed E-state index contributed by atoms with van der Waals surface area (Å²) in [6, 6.07) is 4.02. The molecule has 3 unspecified atom stereocenters. The SMILES string of the molecule is CC1(C)C(=O)C(C#N)=CC2(C)C3=CC(=O)C(C#N)=CC3(C#CCCN)CCC12. The van der Waals surface area contributed by atoms with Crippen LogP contribution in [0.25, 0.3) is 0 Å². The summed E-state index contributed by atoms with van der Waals surface area (Å²) in [4.78, 5) is 25.4. The second-order valence-electron chi connectivity index (χ2n) is 8.50. The Kier molecular flexibility index (Phi) is 4.66. The van der Waals surface area contributed by atoms with Crippen molar-refractivity contribution < 1.29 is 9.59 Å². The minimum Gasteiger partial charge on any atom is -0.330 e. The fourth-order valence-corrected chi connectivity index (χ4v) is 5.22. The molecule has 0 aromatic rings. The van der Waals surface area contributed by atoms with E-state index < -0.39 is 16.2 Å². The summed E-state index contributed by atoms with van der Waals surface area (Å²) in [7, 11) is 0. The van der Waals surface area contributed by atoms with E-state index in [1.165, 1.54) is 6.08 Å². The highest BCUT2D eigenvalue weighted by Crippen LogP contribution is 2.63. The molecular formula is C23H23N3O2. The van der Waals surface area contributed by atoms with Crippen LogP contribution < -0.4 is 5.73 Å². The summed E-state index contributed by atoms with van der Waals surface area (Å²) in [5.74, 6) is 5.79. The third-order valence-corrected chi connectivity index (χ3v) is 6.51. The summed E-state index contributed by atoms with van der Waals surface area (Å²) >= 11 is 0. The number of Topliss-reactive ketones (excluding diaryl/α,β-unsaturated/α-hetero) is 1. The standard InChI is InChI=1S/C23H23N3O2/c1-21(2)18-6-8-23(7-4-5-9-24)12-15(13-25)17(27)10-19(23)22(18,3)11-16(14-26)20(21)28/h10-12,18H,5-6,8-9,24H2,1-3H3. The Morgan fingerprint density at radius 3 is 2.43 bits per heavy atom. The van der Waals surface area contributed by atoms with Gasteiger partial charge in [0.05, 0.1) is 16.6 Å². The number of allylic oxidation sites excluding steroid dienone is 6. The number of carbonyl (C=O) groups is 2. The summed E-state index contributed by atoms with van der Waals surface area (Å²) in [6.45, 7) is 6.15. The zero-order chi connectivity index (χ0) is 20.7. The maximum absolute atomic E-state index is 12.8. The van der Waals surface area contributed by atoms with E-state index in [-0.39, 0.29) is 28.6 Å². The first-order valence-corrected chi connectivity index (χ1v) is 9.44. The lowest BCUT2D eigenvalue weighted by Gasteiger charge is -2.56. The summed E-state index contributed by atoms with van der Waals surface area (Å²) in [5.41, 5.74) is 4.41. The first-order chi connectivity index (χ1) is 13.2. The van der Waals surface area contributed by atoms with Crippen LogP contribution in [-0.2, 0) is 9.59 Å². The lowest BCUT2D eigenvalue weighted by Crippen LogP contribution is -2.53. The van der Waals surface area contributed by atoms with Crippen LogP contribution in [0.2, 0.25) is 0 Å². The Balaban J connectivity index is 2.28. The number of hydrogen-bond donors (Lipinski definition) is 1. The van der Waals surface area contributed by atoms with E-state index in [1.54, 1.807) is 12.2 Å². The van der Waals surface area contributed by atoms with Gasteiger partial charge in [0, 0.05) is 23.8 Å². The smallest absolute Gasteiger partial charge is 0.196 e. The molecule has 0 saturated heterocycles. The predicted molar refractivity (Wildman–Crippen MR) is 104 cm³/mol. The molecule has 0 radical (unpaired) electrons. The average molecular weight is 373 g/mol. The molecule has 28 heavy (non-hydrogen) atoms. The molecule has 3 atom stereocenters. The average Bonchev–Trinajstić information content (AvgIpc) is 2.65. The lowest BCUT2D eigenvalue weighted by atomic mass is 9.45. The van der Waals surface area contributed by atoms with Crippen molar-refractivity contribution in [1.82, 2.24) is 0 Å². The molecule has 0 aromatic carbocycles. The van der Waals surface area contributed by atoms with E-state index in [0.717, 1.165) is 5.57 Å². The third-order valence-electron chi connectivity index (χ3n) is 6.51. The van der Waals surface area contributed by atoms with Gasteiger partial charge in [0.2, 0.25) is 0 Å². The highest BCUT2D eigenvalue weighted by molar-refractivity contribution is 6.09. The van der Waals surface area contributed by atoms with Gasteiger partial charge >= 0.3 is 0 Å². The Labute approximate surface area is 165 Å². The van der Waals surface area contributed by atoms with Gasteiger partial charge in [0.25, 0.3) is 0 Å². The van der Waals surface area contributed by atoms with E-state index >= 15 is 0 Å². The second kappa shape index (κ2) is 6.59. The topological polar surface area (TPSA) is 108 Å². The van der Waals surface area contributed by atoms with Gasteiger partial charge in [0.15, 0.2) is 11.6 Å². The fourth-order valence-electron chi connectivity index (χ4n) is 5.22. The number of fused-ring (bicyclic) bond motifs is 3. The van der Waals surface area contributed by atoms with Gasteiger partial charge in [0.1, 0.15) is 12.1 Å². The first kappa shape index (κ1) is 19.8. The maximum Gasteiger partial charge on any atom is 0.196 e. The van der Waals surface area contributed by atoms with Crippen LogP contribution in [0.15, 0.2) is 34.9 Å². The molecule has 1 saturated carbocycles. The van der Waals surface area contributed by atoms with Crippen LogP contribution in [0.3, 0.4) is 0 Å². The third kappa shape index (κ3) is 2.65. The molecule has 3 rings (SSSR count). The van der Waals surface area contributed by atoms with Gasteiger partial charge in [-0.2, -0.15) is 10.5 Å². The molecule has 3 aliphatic carbocycles. The van der Waals surface area contributed by atoms with Crippen molar-refractivity contribution in [3.63, 3.8) is 0 Å². The maximum atomic E-state index is 12.8. The van der Waals surface area contributed by atoms with E-state index in [0.29, 0.717) is 25.8 Å². The predicted octanol–water partition coefficient (Wildman–Crippen LogP) is 2.76. The normalized spacial score (nSPS) is 32.9. The van der Waals surface area contributed by atoms with E-state index in [2.05, 4.69) is 11.8 Å². The van der Waals surface area contributed by atoms with Gasteiger partial charge in [-0.15, -0.1) is 5.92 Å². The van der Waals surface area contributed by atoms with Crippen LogP contribution in [0.5, 0.6) is 0 Å². The van der Waals surface area contributed by atoms with Crippen LogP contribution in [0, 0.1) is 56.7 Å². The molecule has 2 N–H and O–H groups in total. The molecule has 3 aliphatic rings. The Morgan fingerprint density at radius 1 is 1.14 bits per heavy atom. The van der Waals surface area contributed by atoms with Gasteiger partial charge in [-0.3, -0.25) is 9.59 Å². The number of ketones is 2. The van der Waals surface area contributed by atoms with E-state index in [1.807, 2.05) is 32.9 Å². The number of nitrogens with two attached hydrogens (primary N) is 1. The molecular weight excluding hydrogens is 350 g/mol. The minimum absolute atomic E-state index is 0.0647. The van der Waals surface area contributed by atoms with Gasteiger partial charge < -0.3 is 5.73 Å². The van der Waals surface area contributed by atoms with Crippen molar-refractivity contribution in [3.8, 4) is 24.0 Å². The van der Waals surface area contributed by atoms with Crippen molar-refractivity contribution >= 4 is 11.6 Å². The second-order valence-corrected chi connectivity index (χ2v) is 8.50. The first-order valence-electron chi connectivity index (χ1n) is 9.44. The highest BCUT2D eigenvalue weighted by Gasteiger charge is 2.59. The zero-order valence-corrected chi connectivity index (χ0v) is 16.4. The highest BCUT2D eigenvalue weighted by atomic mass is 16.1. The molecule has 0 amide bonds. The molecule has 5 heteroatoms. The molecule has 0 heterocycles. The van der Waals surface area contributed by atoms with Gasteiger partial charge in [-0.1, -0.05) is 32.8 Å². The van der Waals surface area contributed by atoms with Gasteiger partial charge in [-0.25, -0.2) is 0 Å². The molecule has 142 valence electrons. The molecule has 5 nitrogen and oxygen atoms in total. The largest absolute Gasteiger partial charge is 0.330 e. The minimum atomic E-state index is -0.757. The van der Waals surface area contributed by atoms with Crippen LogP contribution in [-0.4, -0.2) is 18.1 Å². The molecule has 1 fully saturated rings. The summed E-state index contributed by atoms with van der Waals surface area (Å²) < 4.78 is 0. The van der Waals surface area contributed by atoms with E-state index in [9.17, 15) is 20.1 Å². The van der Waals surface area contributed by atoms with Crippen molar-refractivity contribution in [2.45, 2.75) is 40.0 Å². The van der Waals surface area contributed by atoms with Crippen LogP contribution in [0.1, 0.15) is 40.0 Å². The lowest BCUT2D eigenvalue weighted by molar-refractivity contribution is -0.130. The number of hydrogen-bond acceptors (Lipinski definition) is 5. The molecule has 0 spiro atoms. The Morgan fingerprint density at radius 2 is 1.82 bits per heavy atom. The number of nitrogens with zero attached hydrogens (tertiary/aromatic N) is 2.